The molecule has 1 aliphatic heterocycles. The third-order valence-electron chi connectivity index (χ3n) is 6.25. The summed E-state index contributed by atoms with van der Waals surface area (Å²) in [4.78, 5) is 39.2. The Morgan fingerprint density at radius 2 is 2.11 bits per heavy atom. The molecule has 0 saturated carbocycles. The summed E-state index contributed by atoms with van der Waals surface area (Å²) in [5, 5.41) is 6.78. The third kappa shape index (κ3) is 5.09. The first-order valence-electron chi connectivity index (χ1n) is 12.0. The van der Waals surface area contributed by atoms with Crippen molar-refractivity contribution in [1.82, 2.24) is 29.5 Å². The van der Waals surface area contributed by atoms with Crippen LogP contribution >= 0.6 is 11.3 Å². The first-order chi connectivity index (χ1) is 17.5. The van der Waals surface area contributed by atoms with Crippen molar-refractivity contribution < 1.29 is 9.59 Å². The number of carbonyl (C=O) groups excluding carboxylic acids is 2. The van der Waals surface area contributed by atoms with Crippen molar-refractivity contribution in [3.05, 3.63) is 71.4 Å². The van der Waals surface area contributed by atoms with E-state index in [9.17, 15) is 9.59 Å². The molecule has 0 radical (unpaired) electrons. The molecule has 0 spiro atoms. The molecule has 3 aromatic heterocycles. The Bertz CT molecular complexity index is 1460. The molecule has 10 heteroatoms. The van der Waals surface area contributed by atoms with Gasteiger partial charge in [-0.15, -0.1) is 11.3 Å². The van der Waals surface area contributed by atoms with E-state index in [4.69, 9.17) is 0 Å². The molecular weight excluding hydrogens is 474 g/mol. The minimum atomic E-state index is -0.301. The minimum Gasteiger partial charge on any atom is -0.337 e. The lowest BCUT2D eigenvalue weighted by atomic mass is 10.0. The molecule has 9 nitrogen and oxygen atoms in total. The number of likely N-dealkylation sites (tertiary alicyclic amines) is 1. The fourth-order valence-electron chi connectivity index (χ4n) is 4.52. The van der Waals surface area contributed by atoms with Gasteiger partial charge in [-0.25, -0.2) is 0 Å². The van der Waals surface area contributed by atoms with E-state index in [0.717, 1.165) is 47.4 Å². The van der Waals surface area contributed by atoms with Gasteiger partial charge in [0.15, 0.2) is 0 Å². The average Bonchev–Trinajstić information content (AvgIpc) is 3.63. The van der Waals surface area contributed by atoms with E-state index in [-0.39, 0.29) is 17.9 Å². The largest absolute Gasteiger partial charge is 0.337 e. The quantitative estimate of drug-likeness (QED) is 0.394. The first kappa shape index (κ1) is 24.0. The van der Waals surface area contributed by atoms with Crippen molar-refractivity contribution in [2.24, 2.45) is 4.99 Å². The molecular formula is C26H29N7O2S. The molecule has 4 aromatic rings. The number of aromatic nitrogens is 4. The molecule has 1 saturated heterocycles. The molecule has 36 heavy (non-hydrogen) atoms. The molecule has 1 unspecified atom stereocenters. The van der Waals surface area contributed by atoms with Crippen LogP contribution in [0.5, 0.6) is 0 Å². The number of aromatic amines is 2. The van der Waals surface area contributed by atoms with Crippen LogP contribution in [0.15, 0.2) is 65.9 Å². The van der Waals surface area contributed by atoms with Crippen molar-refractivity contribution in [2.45, 2.75) is 18.9 Å². The number of hydrogen-bond acceptors (Lipinski definition) is 5. The number of para-hydroxylation sites is 2. The number of carbonyl (C=O) groups is 2. The SMILES string of the molecule is CN(C)CC=CC(=O)N1CCCC(n2c(=NC(=O)c3ccc(-c4cn[nH]c4)s3)[nH]c3ccccc32)C1. The molecule has 1 aliphatic rings. The maximum atomic E-state index is 13.2. The fraction of sp³-hybridized carbons (Fsp3) is 0.308. The lowest BCUT2D eigenvalue weighted by molar-refractivity contribution is -0.127. The number of thiophene rings is 1. The smallest absolute Gasteiger partial charge is 0.290 e. The van der Waals surface area contributed by atoms with Gasteiger partial charge in [-0.3, -0.25) is 14.7 Å². The topological polar surface area (TPSA) is 102 Å². The van der Waals surface area contributed by atoms with Crippen LogP contribution in [-0.2, 0) is 4.79 Å². The van der Waals surface area contributed by atoms with Crippen molar-refractivity contribution >= 4 is 34.2 Å². The number of hydrogen-bond donors (Lipinski definition) is 2. The van der Waals surface area contributed by atoms with Crippen LogP contribution in [0.2, 0.25) is 0 Å². The van der Waals surface area contributed by atoms with E-state index in [1.807, 2.05) is 60.3 Å². The number of likely N-dealkylation sites (N-methyl/N-ethyl adjacent to an activating group) is 1. The fourth-order valence-corrected chi connectivity index (χ4v) is 5.39. The predicted molar refractivity (Wildman–Crippen MR) is 141 cm³/mol. The lowest BCUT2D eigenvalue weighted by Gasteiger charge is -2.33. The van der Waals surface area contributed by atoms with Crippen molar-refractivity contribution in [3.63, 3.8) is 0 Å². The number of amides is 2. The van der Waals surface area contributed by atoms with Crippen LogP contribution in [0.4, 0.5) is 0 Å². The number of piperidine rings is 1. The zero-order valence-electron chi connectivity index (χ0n) is 20.3. The number of nitrogens with one attached hydrogen (secondary N) is 2. The second-order valence-corrected chi connectivity index (χ2v) is 10.2. The Morgan fingerprint density at radius 1 is 1.25 bits per heavy atom. The summed E-state index contributed by atoms with van der Waals surface area (Å²) in [5.74, 6) is -0.285. The van der Waals surface area contributed by atoms with Gasteiger partial charge in [-0.2, -0.15) is 10.1 Å². The van der Waals surface area contributed by atoms with Crippen LogP contribution < -0.4 is 5.62 Å². The highest BCUT2D eigenvalue weighted by atomic mass is 32.1. The Kier molecular flexibility index (Phi) is 6.97. The highest BCUT2D eigenvalue weighted by Crippen LogP contribution is 2.28. The normalized spacial score (nSPS) is 17.0. The van der Waals surface area contributed by atoms with Gasteiger partial charge in [0.05, 0.1) is 28.1 Å². The van der Waals surface area contributed by atoms with E-state index in [0.29, 0.717) is 17.0 Å². The van der Waals surface area contributed by atoms with E-state index in [1.165, 1.54) is 11.3 Å². The summed E-state index contributed by atoms with van der Waals surface area (Å²) in [5.41, 5.74) is 3.31. The van der Waals surface area contributed by atoms with E-state index in [1.54, 1.807) is 24.5 Å². The van der Waals surface area contributed by atoms with E-state index in [2.05, 4.69) is 24.7 Å². The second kappa shape index (κ2) is 10.5. The maximum absolute atomic E-state index is 13.2. The van der Waals surface area contributed by atoms with Crippen LogP contribution in [-0.4, -0.2) is 75.1 Å². The molecule has 186 valence electrons. The molecule has 4 heterocycles. The number of nitrogens with zero attached hydrogens (tertiary/aromatic N) is 5. The molecule has 0 bridgehead atoms. The summed E-state index contributed by atoms with van der Waals surface area (Å²) >= 11 is 1.39. The molecule has 2 amide bonds. The molecule has 1 atom stereocenters. The second-order valence-electron chi connectivity index (χ2n) is 9.15. The third-order valence-corrected chi connectivity index (χ3v) is 7.37. The van der Waals surface area contributed by atoms with Gasteiger partial charge in [0.1, 0.15) is 0 Å². The van der Waals surface area contributed by atoms with Crippen LogP contribution in [0.25, 0.3) is 21.5 Å². The summed E-state index contributed by atoms with van der Waals surface area (Å²) in [6, 6.07) is 11.7. The molecule has 0 aliphatic carbocycles. The number of rotatable bonds is 6. The zero-order valence-corrected chi connectivity index (χ0v) is 21.2. The van der Waals surface area contributed by atoms with Gasteiger partial charge in [0.25, 0.3) is 5.91 Å². The van der Waals surface area contributed by atoms with Crippen LogP contribution in [0, 0.1) is 0 Å². The summed E-state index contributed by atoms with van der Waals surface area (Å²) in [6.45, 7) is 2.01. The summed E-state index contributed by atoms with van der Waals surface area (Å²) in [6.07, 6.45) is 8.87. The Balaban J connectivity index is 1.45. The lowest BCUT2D eigenvalue weighted by Crippen LogP contribution is -2.42. The monoisotopic (exact) mass is 503 g/mol. The number of H-pyrrole nitrogens is 2. The van der Waals surface area contributed by atoms with Crippen LogP contribution in [0.1, 0.15) is 28.6 Å². The molecule has 5 rings (SSSR count). The number of fused-ring (bicyclic) bond motifs is 1. The minimum absolute atomic E-state index is 0.0116. The Hall–Kier alpha value is -3.76. The van der Waals surface area contributed by atoms with Gasteiger partial charge in [0.2, 0.25) is 11.5 Å². The van der Waals surface area contributed by atoms with Crippen molar-refractivity contribution in [1.29, 1.82) is 0 Å². The standard InChI is InChI=1S/C26H29N7O2S/c1-31(2)13-6-10-24(34)32-14-5-7-19(17-32)33-21-9-4-3-8-20(21)29-26(33)30-25(35)23-12-11-22(36-23)18-15-27-28-16-18/h3-4,6,8-12,15-16,19H,5,7,13-14,17H2,1-2H3,(H,27,28)(H,29,30,35). The van der Waals surface area contributed by atoms with E-state index < -0.39 is 0 Å². The maximum Gasteiger partial charge on any atom is 0.290 e. The van der Waals surface area contributed by atoms with Gasteiger partial charge in [0, 0.05) is 42.3 Å². The van der Waals surface area contributed by atoms with Gasteiger partial charge in [-0.1, -0.05) is 18.2 Å². The van der Waals surface area contributed by atoms with Crippen LogP contribution in [0.3, 0.4) is 0 Å². The summed E-state index contributed by atoms with van der Waals surface area (Å²) < 4.78 is 2.08. The first-order valence-corrected chi connectivity index (χ1v) is 12.8. The number of benzene rings is 1. The van der Waals surface area contributed by atoms with E-state index >= 15 is 0 Å². The highest BCUT2D eigenvalue weighted by molar-refractivity contribution is 7.17. The average molecular weight is 504 g/mol. The van der Waals surface area contributed by atoms with Crippen molar-refractivity contribution in [3.8, 4) is 10.4 Å². The van der Waals surface area contributed by atoms with Gasteiger partial charge in [-0.05, 0) is 51.2 Å². The summed E-state index contributed by atoms with van der Waals surface area (Å²) in [7, 11) is 3.94. The Labute approximate surface area is 212 Å². The predicted octanol–water partition coefficient (Wildman–Crippen LogP) is 3.44. The molecule has 1 aromatic carbocycles. The van der Waals surface area contributed by atoms with Crippen molar-refractivity contribution in [2.75, 3.05) is 33.7 Å². The zero-order chi connectivity index (χ0) is 25.1. The molecule has 2 N–H and O–H groups in total. The Morgan fingerprint density at radius 3 is 2.92 bits per heavy atom. The number of imidazole rings is 1. The van der Waals surface area contributed by atoms with Gasteiger partial charge < -0.3 is 19.4 Å². The highest BCUT2D eigenvalue weighted by Gasteiger charge is 2.26. The van der Waals surface area contributed by atoms with Gasteiger partial charge >= 0.3 is 0 Å². The molecule has 1 fully saturated rings.